The number of ketones is 1. The van der Waals surface area contributed by atoms with Crippen LogP contribution < -0.4 is 5.48 Å². The van der Waals surface area contributed by atoms with Crippen LogP contribution in [0.15, 0.2) is 71.8 Å². The molecule has 334 valence electrons. The number of Topliss-reactive ketones (excluding diaryl/α,β-unsaturated/α-hetero) is 1. The molecular weight excluding hydrogens is 785 g/mol. The Balaban J connectivity index is 0.00000228. The van der Waals surface area contributed by atoms with E-state index >= 15 is 4.79 Å². The summed E-state index contributed by atoms with van der Waals surface area (Å²) in [6.45, 7) is 14.7. The Morgan fingerprint density at radius 3 is 1.92 bits per heavy atom. The summed E-state index contributed by atoms with van der Waals surface area (Å²) in [5.74, 6) is -4.61. The monoisotopic (exact) mass is 848 g/mol. The molecule has 14 nitrogen and oxygen atoms in total. The highest BCUT2D eigenvalue weighted by Gasteiger charge is 2.74. The average molecular weight is 849 g/mol. The third kappa shape index (κ3) is 8.36. The van der Waals surface area contributed by atoms with E-state index in [1.165, 1.54) is 11.9 Å². The Morgan fingerprint density at radius 2 is 1.44 bits per heavy atom. The van der Waals surface area contributed by atoms with Gasteiger partial charge in [-0.25, -0.2) is 15.1 Å². The normalized spacial score (nSPS) is 31.6. The molecule has 3 aliphatic carbocycles. The Labute approximate surface area is 359 Å². The Bertz CT molecular complexity index is 1930. The minimum Gasteiger partial charge on any atom is -0.455 e. The predicted octanol–water partition coefficient (Wildman–Crippen LogP) is 6.16. The lowest BCUT2D eigenvalue weighted by molar-refractivity contribution is -0.302. The van der Waals surface area contributed by atoms with Crippen molar-refractivity contribution in [2.24, 2.45) is 28.1 Å². The first kappa shape index (κ1) is 47.4. The minimum absolute atomic E-state index is 0.0130. The van der Waals surface area contributed by atoms with Gasteiger partial charge in [-0.3, -0.25) is 14.4 Å². The highest BCUT2D eigenvalue weighted by atomic mass is 16.6. The fourth-order valence-corrected chi connectivity index (χ4v) is 10.8. The first-order valence-corrected chi connectivity index (χ1v) is 21.2. The summed E-state index contributed by atoms with van der Waals surface area (Å²) in [4.78, 5) is 71.4. The first-order valence-electron chi connectivity index (χ1n) is 21.2. The zero-order valence-electron chi connectivity index (χ0n) is 37.4. The van der Waals surface area contributed by atoms with Gasteiger partial charge in [-0.15, -0.1) is 0 Å². The lowest BCUT2D eigenvalue weighted by Crippen LogP contribution is -2.75. The summed E-state index contributed by atoms with van der Waals surface area (Å²) < 4.78 is 30.8. The largest absolute Gasteiger partial charge is 0.455 e. The second-order valence-corrected chi connectivity index (χ2v) is 18.0. The van der Waals surface area contributed by atoms with Crippen molar-refractivity contribution >= 4 is 29.8 Å². The number of esters is 3. The minimum atomic E-state index is -1.69. The van der Waals surface area contributed by atoms with Gasteiger partial charge < -0.3 is 38.9 Å². The molecule has 0 unspecified atom stereocenters. The number of hydroxylamine groups is 1. The summed E-state index contributed by atoms with van der Waals surface area (Å²) in [6, 6.07) is 18.5. The van der Waals surface area contributed by atoms with E-state index in [2.05, 4.69) is 0 Å². The topological polar surface area (TPSA) is 187 Å². The number of hydrogen-bond acceptors (Lipinski definition) is 13. The number of fused-ring (bicyclic) bond motifs is 5. The maximum atomic E-state index is 15.7. The van der Waals surface area contributed by atoms with Crippen molar-refractivity contribution in [1.82, 2.24) is 10.4 Å². The summed E-state index contributed by atoms with van der Waals surface area (Å²) in [7, 11) is 4.55. The molecular formula is C47H64N2O12. The maximum Gasteiger partial charge on any atom is 0.409 e. The molecule has 1 heterocycles. The lowest BCUT2D eigenvalue weighted by atomic mass is 9.40. The van der Waals surface area contributed by atoms with Gasteiger partial charge in [0.05, 0.1) is 29.6 Å². The zero-order valence-corrected chi connectivity index (χ0v) is 37.4. The van der Waals surface area contributed by atoms with Crippen LogP contribution in [0.3, 0.4) is 0 Å². The molecule has 2 bridgehead atoms. The van der Waals surface area contributed by atoms with E-state index < -0.39 is 93.8 Å². The molecule has 3 fully saturated rings. The molecule has 1 aliphatic heterocycles. The van der Waals surface area contributed by atoms with Crippen LogP contribution in [0.2, 0.25) is 0 Å². The molecule has 1 saturated heterocycles. The van der Waals surface area contributed by atoms with Crippen LogP contribution in [0.5, 0.6) is 0 Å². The molecule has 10 atom stereocenters. The van der Waals surface area contributed by atoms with Gasteiger partial charge in [-0.05, 0) is 48.0 Å². The van der Waals surface area contributed by atoms with Crippen LogP contribution in [-0.2, 0) is 42.9 Å². The molecule has 14 heteroatoms. The van der Waals surface area contributed by atoms with Gasteiger partial charge in [0, 0.05) is 57.7 Å². The summed E-state index contributed by atoms with van der Waals surface area (Å²) >= 11 is 0. The van der Waals surface area contributed by atoms with E-state index in [1.807, 2.05) is 88.4 Å². The number of carbonyl (C=O) groups excluding carboxylic acids is 5. The Hall–Kier alpha value is -4.63. The number of amides is 1. The summed E-state index contributed by atoms with van der Waals surface area (Å²) in [5.41, 5.74) is -1.04. The van der Waals surface area contributed by atoms with E-state index in [9.17, 15) is 24.3 Å². The van der Waals surface area contributed by atoms with Crippen LogP contribution in [0.1, 0.15) is 98.1 Å². The number of benzene rings is 2. The summed E-state index contributed by atoms with van der Waals surface area (Å²) in [6.07, 6.45) is -5.94. The molecule has 0 aromatic heterocycles. The number of nitrogens with zero attached hydrogens (tertiary/aromatic N) is 1. The summed E-state index contributed by atoms with van der Waals surface area (Å²) in [5, 5.41) is 20.8. The molecule has 2 saturated carbocycles. The number of nitrogens with one attached hydrogen (secondary N) is 1. The smallest absolute Gasteiger partial charge is 0.409 e. The number of rotatable bonds is 10. The van der Waals surface area contributed by atoms with Gasteiger partial charge in [0.25, 0.3) is 0 Å². The average Bonchev–Trinajstić information content (AvgIpc) is 3.22. The van der Waals surface area contributed by atoms with Crippen molar-refractivity contribution in [3.05, 3.63) is 82.9 Å². The molecule has 2 aromatic carbocycles. The van der Waals surface area contributed by atoms with E-state index in [1.54, 1.807) is 47.3 Å². The Morgan fingerprint density at radius 1 is 0.902 bits per heavy atom. The fraction of sp³-hybridized carbons (Fsp3) is 0.596. The van der Waals surface area contributed by atoms with Gasteiger partial charge in [-0.1, -0.05) is 102 Å². The van der Waals surface area contributed by atoms with Crippen molar-refractivity contribution in [2.45, 2.75) is 123 Å². The van der Waals surface area contributed by atoms with Gasteiger partial charge in [0.15, 0.2) is 11.9 Å². The van der Waals surface area contributed by atoms with Crippen molar-refractivity contribution in [3.63, 3.8) is 0 Å². The van der Waals surface area contributed by atoms with E-state index in [0.29, 0.717) is 17.8 Å². The van der Waals surface area contributed by atoms with Crippen molar-refractivity contribution < 1.29 is 58.0 Å². The molecule has 0 radical (unpaired) electrons. The standard InChI is InChI=1S/C46H59NO11.CH5NO/c1-11-33(48)57-37(35(28-19-15-13-16-20-28)29-21-17-14-18-22-29)41(51)55-30-24-46(53)27(4)39-44(7)25-54-31(44)23-32(56-42(52)47(9)10)45(39,8)40(50)38(58-34(49)12-2)36(26(30)3)43(46,5)6;1-2-3/h13-22,27,30-32,35,37-39,53H,11-12,23-25H2,1-10H3;2-3H,1H3/t27-,30-,31+,32-,37+,38+,39+,44+,45+,46+;/m0./s1. The van der Waals surface area contributed by atoms with Crippen molar-refractivity contribution in [3.8, 4) is 0 Å². The maximum absolute atomic E-state index is 15.7. The van der Waals surface area contributed by atoms with Gasteiger partial charge in [-0.2, -0.15) is 0 Å². The van der Waals surface area contributed by atoms with Crippen molar-refractivity contribution in [2.75, 3.05) is 27.7 Å². The Kier molecular flexibility index (Phi) is 14.3. The first-order chi connectivity index (χ1) is 28.7. The van der Waals surface area contributed by atoms with Gasteiger partial charge in [0.1, 0.15) is 12.2 Å². The van der Waals surface area contributed by atoms with Crippen LogP contribution in [0, 0.1) is 28.1 Å². The number of ether oxygens (including phenoxy) is 5. The van der Waals surface area contributed by atoms with Crippen LogP contribution in [-0.4, -0.2) is 109 Å². The highest BCUT2D eigenvalue weighted by molar-refractivity contribution is 5.95. The van der Waals surface area contributed by atoms with Gasteiger partial charge >= 0.3 is 24.0 Å². The molecule has 1 amide bonds. The predicted molar refractivity (Wildman–Crippen MR) is 224 cm³/mol. The van der Waals surface area contributed by atoms with Crippen LogP contribution in [0.4, 0.5) is 4.79 Å². The molecule has 6 rings (SSSR count). The third-order valence-electron chi connectivity index (χ3n) is 14.0. The molecule has 2 aromatic rings. The van der Waals surface area contributed by atoms with Crippen molar-refractivity contribution in [1.29, 1.82) is 0 Å². The van der Waals surface area contributed by atoms with Crippen LogP contribution in [0.25, 0.3) is 0 Å². The number of aliphatic hydroxyl groups is 1. The van der Waals surface area contributed by atoms with E-state index in [4.69, 9.17) is 28.9 Å². The molecule has 0 spiro atoms. The highest BCUT2D eigenvalue weighted by Crippen LogP contribution is 2.67. The number of carbonyl (C=O) groups is 5. The fourth-order valence-electron chi connectivity index (χ4n) is 10.8. The van der Waals surface area contributed by atoms with E-state index in [0.717, 1.165) is 11.1 Å². The van der Waals surface area contributed by atoms with Gasteiger partial charge in [0.2, 0.25) is 6.10 Å². The molecule has 3 N–H and O–H groups in total. The quantitative estimate of drug-likeness (QED) is 0.107. The lowest BCUT2D eigenvalue weighted by Gasteiger charge is -2.68. The van der Waals surface area contributed by atoms with E-state index in [-0.39, 0.29) is 31.8 Å². The second-order valence-electron chi connectivity index (χ2n) is 18.0. The third-order valence-corrected chi connectivity index (χ3v) is 14.0. The number of hydrogen-bond donors (Lipinski definition) is 3. The zero-order chi connectivity index (χ0) is 45.2. The second kappa shape index (κ2) is 18.4. The SMILES string of the molecule is CCC(=O)O[C@H]1C(=O)[C@]2(C)[C@@H](OC(=O)N(C)C)C[C@H]3OC[C@@]3(C)[C@H]2[C@H](C)[C@]2(O)C[C@H](OC(=O)[C@H](OC(=O)CC)C(c3ccccc3)c3ccccc3)C(C)=C1C2(C)C.CNO. The molecule has 61 heavy (non-hydrogen) atoms. The molecule has 4 aliphatic rings. The van der Waals surface area contributed by atoms with Crippen LogP contribution >= 0.6 is 0 Å².